The molecule has 1 aliphatic heterocycles. The lowest BCUT2D eigenvalue weighted by molar-refractivity contribution is -0.130. The van der Waals surface area contributed by atoms with Crippen LogP contribution in [0, 0.1) is 5.82 Å². The number of benzene rings is 2. The number of Topliss-reactive ketones (excluding diaryl/α,β-unsaturated/α-hetero) is 1. The fourth-order valence-corrected chi connectivity index (χ4v) is 3.96. The second-order valence-corrected chi connectivity index (χ2v) is 8.16. The number of rotatable bonds is 7. The van der Waals surface area contributed by atoms with Crippen LogP contribution in [0.25, 0.3) is 11.0 Å². The predicted molar refractivity (Wildman–Crippen MR) is 117 cm³/mol. The van der Waals surface area contributed by atoms with Crippen molar-refractivity contribution in [1.29, 1.82) is 0 Å². The monoisotopic (exact) mass is 457 g/mol. The van der Waals surface area contributed by atoms with Crippen molar-refractivity contribution in [2.45, 2.75) is 26.0 Å². The number of ether oxygens (including phenoxy) is 1. The van der Waals surface area contributed by atoms with Gasteiger partial charge in [-0.05, 0) is 44.2 Å². The van der Waals surface area contributed by atoms with E-state index in [0.29, 0.717) is 16.0 Å². The van der Waals surface area contributed by atoms with Crippen LogP contribution in [0.2, 0.25) is 5.02 Å². The molecule has 166 valence electrons. The van der Waals surface area contributed by atoms with Gasteiger partial charge in [-0.3, -0.25) is 9.59 Å². The maximum absolute atomic E-state index is 14.7. The Hall–Kier alpha value is -3.16. The lowest BCUT2D eigenvalue weighted by Crippen LogP contribution is -2.35. The third-order valence-electron chi connectivity index (χ3n) is 5.23. The molecule has 2 heterocycles. The zero-order valence-corrected chi connectivity index (χ0v) is 18.2. The lowest BCUT2D eigenvalue weighted by Gasteiger charge is -2.27. The molecule has 0 spiro atoms. The number of aliphatic hydroxyl groups excluding tert-OH is 1. The summed E-state index contributed by atoms with van der Waals surface area (Å²) in [7, 11) is 0. The molecule has 0 saturated heterocycles. The molecule has 4 rings (SSSR count). The Morgan fingerprint density at radius 1 is 1.25 bits per heavy atom. The summed E-state index contributed by atoms with van der Waals surface area (Å²) in [6.45, 7) is 3.91. The van der Waals surface area contributed by atoms with Crippen LogP contribution < -0.4 is 0 Å². The van der Waals surface area contributed by atoms with E-state index in [2.05, 4.69) is 0 Å². The van der Waals surface area contributed by atoms with Gasteiger partial charge in [-0.25, -0.2) is 4.39 Å². The summed E-state index contributed by atoms with van der Waals surface area (Å²) in [4.78, 5) is 27.5. The molecule has 3 aromatic rings. The van der Waals surface area contributed by atoms with Gasteiger partial charge in [0.2, 0.25) is 5.78 Å². The van der Waals surface area contributed by atoms with Crippen LogP contribution >= 0.6 is 11.6 Å². The molecule has 1 aromatic heterocycles. The van der Waals surface area contributed by atoms with E-state index in [4.69, 9.17) is 20.8 Å². The summed E-state index contributed by atoms with van der Waals surface area (Å²) >= 11 is 6.01. The van der Waals surface area contributed by atoms with Gasteiger partial charge in [-0.1, -0.05) is 29.8 Å². The molecule has 1 unspecified atom stereocenters. The molecule has 32 heavy (non-hydrogen) atoms. The van der Waals surface area contributed by atoms with Crippen molar-refractivity contribution in [3.63, 3.8) is 0 Å². The van der Waals surface area contributed by atoms with Gasteiger partial charge < -0.3 is 19.2 Å². The van der Waals surface area contributed by atoms with Crippen LogP contribution in [0.15, 0.2) is 64.3 Å². The van der Waals surface area contributed by atoms with E-state index in [0.717, 1.165) is 0 Å². The van der Waals surface area contributed by atoms with Gasteiger partial charge in [0, 0.05) is 22.5 Å². The maximum Gasteiger partial charge on any atom is 0.290 e. The first-order valence-electron chi connectivity index (χ1n) is 10.1. The molecule has 1 N–H and O–H groups in total. The topological polar surface area (TPSA) is 80.0 Å². The molecular formula is C24H21ClFNO5. The van der Waals surface area contributed by atoms with Gasteiger partial charge in [0.15, 0.2) is 11.5 Å². The molecule has 0 saturated carbocycles. The standard InChI is InChI=1S/C24H21ClFNO5/c1-13(2)31-10-9-27-21(16-5-3-4-6-17(16)26)20(23(29)24(27)30)22(28)19-12-14-11-15(25)7-8-18(14)32-19/h3-8,11-13,21,29H,9-10H2,1-2H3. The predicted octanol–water partition coefficient (Wildman–Crippen LogP) is 5.23. The molecule has 1 aliphatic rings. The van der Waals surface area contributed by atoms with Gasteiger partial charge >= 0.3 is 0 Å². The Kier molecular flexibility index (Phi) is 6.04. The summed E-state index contributed by atoms with van der Waals surface area (Å²) in [6.07, 6.45) is -0.0790. The fraction of sp³-hybridized carbons (Fsp3) is 0.250. The Balaban J connectivity index is 1.77. The second-order valence-electron chi connectivity index (χ2n) is 7.73. The van der Waals surface area contributed by atoms with Crippen molar-refractivity contribution < 1.29 is 28.2 Å². The van der Waals surface area contributed by atoms with E-state index in [1.807, 2.05) is 13.8 Å². The van der Waals surface area contributed by atoms with Crippen LogP contribution in [0.5, 0.6) is 0 Å². The highest BCUT2D eigenvalue weighted by Crippen LogP contribution is 2.40. The van der Waals surface area contributed by atoms with Crippen molar-refractivity contribution in [3.8, 4) is 0 Å². The van der Waals surface area contributed by atoms with Gasteiger partial charge in [0.1, 0.15) is 11.4 Å². The first-order chi connectivity index (χ1) is 15.3. The van der Waals surface area contributed by atoms with Gasteiger partial charge in [-0.2, -0.15) is 0 Å². The van der Waals surface area contributed by atoms with E-state index < -0.39 is 29.3 Å². The summed E-state index contributed by atoms with van der Waals surface area (Å²) in [6, 6.07) is 11.1. The first kappa shape index (κ1) is 22.0. The van der Waals surface area contributed by atoms with E-state index in [1.165, 1.54) is 29.2 Å². The smallest absolute Gasteiger partial charge is 0.290 e. The zero-order valence-electron chi connectivity index (χ0n) is 17.5. The molecule has 1 atom stereocenters. The zero-order chi connectivity index (χ0) is 23.0. The van der Waals surface area contributed by atoms with Crippen LogP contribution in [-0.4, -0.2) is 41.0 Å². The van der Waals surface area contributed by atoms with E-state index in [-0.39, 0.29) is 36.2 Å². The Bertz CT molecular complexity index is 1230. The number of amides is 1. The number of aliphatic hydroxyl groups is 1. The third-order valence-corrected chi connectivity index (χ3v) is 5.47. The quantitative estimate of drug-likeness (QED) is 0.491. The number of hydrogen-bond donors (Lipinski definition) is 1. The average molecular weight is 458 g/mol. The van der Waals surface area contributed by atoms with E-state index in [9.17, 15) is 19.1 Å². The van der Waals surface area contributed by atoms with E-state index >= 15 is 0 Å². The number of furan rings is 1. The molecule has 0 fully saturated rings. The highest BCUT2D eigenvalue weighted by Gasteiger charge is 2.45. The van der Waals surface area contributed by atoms with Crippen molar-refractivity contribution in [3.05, 3.63) is 82.0 Å². The number of carbonyl (C=O) groups is 2. The van der Waals surface area contributed by atoms with Crippen LogP contribution in [0.1, 0.15) is 36.0 Å². The van der Waals surface area contributed by atoms with Crippen LogP contribution in [0.3, 0.4) is 0 Å². The molecule has 0 aliphatic carbocycles. The van der Waals surface area contributed by atoms with Crippen molar-refractivity contribution in [2.75, 3.05) is 13.2 Å². The summed E-state index contributed by atoms with van der Waals surface area (Å²) in [5.74, 6) is -2.89. The van der Waals surface area contributed by atoms with Crippen LogP contribution in [0.4, 0.5) is 4.39 Å². The van der Waals surface area contributed by atoms with Crippen molar-refractivity contribution in [1.82, 2.24) is 4.90 Å². The highest BCUT2D eigenvalue weighted by molar-refractivity contribution is 6.31. The first-order valence-corrected chi connectivity index (χ1v) is 10.5. The van der Waals surface area contributed by atoms with Crippen LogP contribution in [-0.2, 0) is 9.53 Å². The molecule has 0 radical (unpaired) electrons. The molecule has 2 aromatic carbocycles. The molecule has 8 heteroatoms. The Labute approximate surface area is 188 Å². The minimum absolute atomic E-state index is 0.0621. The average Bonchev–Trinajstić information content (AvgIpc) is 3.27. The maximum atomic E-state index is 14.7. The molecular weight excluding hydrogens is 437 g/mol. The number of nitrogens with zero attached hydrogens (tertiary/aromatic N) is 1. The van der Waals surface area contributed by atoms with E-state index in [1.54, 1.807) is 24.3 Å². The van der Waals surface area contributed by atoms with Crippen molar-refractivity contribution in [2.24, 2.45) is 0 Å². The summed E-state index contributed by atoms with van der Waals surface area (Å²) < 4.78 is 25.9. The highest BCUT2D eigenvalue weighted by atomic mass is 35.5. The Morgan fingerprint density at radius 3 is 2.72 bits per heavy atom. The SMILES string of the molecule is CC(C)OCCN1C(=O)C(O)=C(C(=O)c2cc3cc(Cl)ccc3o2)C1c1ccccc1F. The molecule has 6 nitrogen and oxygen atoms in total. The lowest BCUT2D eigenvalue weighted by atomic mass is 9.94. The minimum atomic E-state index is -1.12. The molecule has 0 bridgehead atoms. The Morgan fingerprint density at radius 2 is 2.00 bits per heavy atom. The second kappa shape index (κ2) is 8.76. The van der Waals surface area contributed by atoms with Gasteiger partial charge in [0.25, 0.3) is 5.91 Å². The fourth-order valence-electron chi connectivity index (χ4n) is 3.78. The third kappa shape index (κ3) is 4.01. The number of fused-ring (bicyclic) bond motifs is 1. The normalized spacial score (nSPS) is 16.6. The minimum Gasteiger partial charge on any atom is -0.503 e. The number of ketones is 1. The molecule has 1 amide bonds. The summed E-state index contributed by atoms with van der Waals surface area (Å²) in [5, 5.41) is 11.7. The number of hydrogen-bond acceptors (Lipinski definition) is 5. The van der Waals surface area contributed by atoms with Gasteiger partial charge in [-0.15, -0.1) is 0 Å². The number of carbonyl (C=O) groups excluding carboxylic acids is 2. The van der Waals surface area contributed by atoms with Crippen molar-refractivity contribution >= 4 is 34.3 Å². The summed E-state index contributed by atoms with van der Waals surface area (Å²) in [5.41, 5.74) is 0.276. The number of halogens is 2. The largest absolute Gasteiger partial charge is 0.503 e. The van der Waals surface area contributed by atoms with Gasteiger partial charge in [0.05, 0.1) is 24.3 Å².